The number of piperidine rings is 3. The number of furan rings is 1. The average molecular weight is 1050 g/mol. The Morgan fingerprint density at radius 3 is 2.06 bits per heavy atom. The van der Waals surface area contributed by atoms with Crippen LogP contribution in [0.4, 0.5) is 13.2 Å². The highest BCUT2D eigenvalue weighted by atomic mass is 79.9. The predicted molar refractivity (Wildman–Crippen MR) is 257 cm³/mol. The van der Waals surface area contributed by atoms with Crippen molar-refractivity contribution in [3.8, 4) is 0 Å². The maximum atomic E-state index is 17.4. The smallest absolute Gasteiger partial charge is 0.375 e. The zero-order chi connectivity index (χ0) is 48.9. The second-order valence-corrected chi connectivity index (χ2v) is 21.8. The Labute approximate surface area is 423 Å². The number of ether oxygens (including phenoxy) is 2. The fourth-order valence-corrected chi connectivity index (χ4v) is 14.9. The number of halogens is 4. The number of hydrogen-bond acceptors (Lipinski definition) is 9. The van der Waals surface area contributed by atoms with E-state index in [0.29, 0.717) is 18.4 Å². The quantitative estimate of drug-likeness (QED) is 0.0872. The minimum absolute atomic E-state index is 0. The molecule has 3 aliphatic heterocycles. The zero-order valence-electron chi connectivity index (χ0n) is 39.9. The van der Waals surface area contributed by atoms with Gasteiger partial charge >= 0.3 is 5.97 Å². The van der Waals surface area contributed by atoms with Crippen molar-refractivity contribution in [2.45, 2.75) is 95.0 Å². The van der Waals surface area contributed by atoms with Gasteiger partial charge < -0.3 is 45.6 Å². The Bertz CT molecular complexity index is 2500. The highest BCUT2D eigenvalue weighted by Gasteiger charge is 2.78. The number of quaternary nitrogens is 1. The summed E-state index contributed by atoms with van der Waals surface area (Å²) in [5.41, 5.74) is -4.96. The molecule has 11 rings (SSSR count). The standard InChI is InChI=1S/C29H34NO2.C27H29F3O6S.BrH/c31-29(26-12-6-2-7-13-26,27-14-8-3-9-15-27)28-16-19-30(20-17-28,21-18-28)22-23-32-24-25-10-4-1-5-11-25;1-14-9-16-17-11-19(29)18-10-15(31)6-7-24(18,2)26(17,30)21(32)12-25(16,3)27(14,23(34)37-13-28)36-22(33)20-5-4-8-35-20;/h1-15,31H,16-24H2;4-8,10,14,16-17,19,21,32H,9,11-13H2,1-3H3;1H/q+1;;/p-1/t;14-,16+,17+,19+,21+,24+,25+,26+,27+;/m.1./s1. The molecule has 0 amide bonds. The van der Waals surface area contributed by atoms with E-state index in [1.165, 1.54) is 43.0 Å². The third-order valence-corrected chi connectivity index (χ3v) is 18.5. The van der Waals surface area contributed by atoms with E-state index >= 15 is 8.78 Å². The van der Waals surface area contributed by atoms with Gasteiger partial charge in [0.25, 0.3) is 0 Å². The predicted octanol–water partition coefficient (Wildman–Crippen LogP) is 7.07. The van der Waals surface area contributed by atoms with Gasteiger partial charge in [0.2, 0.25) is 10.9 Å². The molecular formula is C56H63BrF3NO8S. The van der Waals surface area contributed by atoms with Crippen LogP contribution in [0.25, 0.3) is 0 Å². The third kappa shape index (κ3) is 8.30. The van der Waals surface area contributed by atoms with Gasteiger partial charge in [-0.2, -0.15) is 0 Å². The van der Waals surface area contributed by atoms with Crippen LogP contribution < -0.4 is 17.0 Å². The Balaban J connectivity index is 0.000000187. The summed E-state index contributed by atoms with van der Waals surface area (Å²) in [6.45, 7) is 10.7. The number of carbonyl (C=O) groups is 3. The molecule has 9 atom stereocenters. The number of allylic oxidation sites excluding steroid dienone is 4. The number of aliphatic hydroxyl groups is 2. The molecule has 7 aliphatic rings. The second-order valence-electron chi connectivity index (χ2n) is 20.9. The lowest BCUT2D eigenvalue weighted by Gasteiger charge is -2.63. The molecule has 6 fully saturated rings. The van der Waals surface area contributed by atoms with Gasteiger partial charge in [-0.3, -0.25) is 9.59 Å². The molecule has 4 heterocycles. The number of thioether (sulfide) groups is 1. The van der Waals surface area contributed by atoms with E-state index < -0.39 is 80.6 Å². The Kier molecular flexibility index (Phi) is 14.8. The first-order chi connectivity index (χ1) is 33.0. The van der Waals surface area contributed by atoms with Crippen LogP contribution >= 0.6 is 11.8 Å². The van der Waals surface area contributed by atoms with E-state index in [2.05, 4.69) is 72.8 Å². The van der Waals surface area contributed by atoms with Crippen molar-refractivity contribution < 1.29 is 73.1 Å². The molecule has 4 aliphatic carbocycles. The number of aliphatic hydroxyl groups excluding tert-OH is 1. The van der Waals surface area contributed by atoms with Crippen molar-refractivity contribution >= 4 is 28.6 Å². The van der Waals surface area contributed by atoms with Crippen LogP contribution in [-0.4, -0.2) is 93.9 Å². The Morgan fingerprint density at radius 2 is 1.49 bits per heavy atom. The molecule has 4 aromatic rings. The molecule has 374 valence electrons. The maximum Gasteiger partial charge on any atom is 0.375 e. The topological polar surface area (TPSA) is 123 Å². The molecule has 3 saturated carbocycles. The monoisotopic (exact) mass is 1050 g/mol. The zero-order valence-corrected chi connectivity index (χ0v) is 42.3. The largest absolute Gasteiger partial charge is 1.00 e. The number of ketones is 1. The summed E-state index contributed by atoms with van der Waals surface area (Å²) in [6, 6.07) is 32.9. The first-order valence-electron chi connectivity index (χ1n) is 24.3. The van der Waals surface area contributed by atoms with E-state index in [9.17, 15) is 29.0 Å². The lowest BCUT2D eigenvalue weighted by Crippen LogP contribution is -3.00. The van der Waals surface area contributed by atoms with Gasteiger partial charge in [-0.1, -0.05) is 111 Å². The lowest BCUT2D eigenvalue weighted by atomic mass is 9.44. The first-order valence-corrected chi connectivity index (χ1v) is 25.3. The van der Waals surface area contributed by atoms with E-state index in [4.69, 9.17) is 13.9 Å². The molecule has 14 heteroatoms. The second kappa shape index (κ2) is 19.9. The van der Waals surface area contributed by atoms with Crippen LogP contribution in [0.2, 0.25) is 0 Å². The number of carbonyl (C=O) groups excluding carboxylic acids is 3. The van der Waals surface area contributed by atoms with E-state index in [1.54, 1.807) is 13.8 Å². The van der Waals surface area contributed by atoms with Gasteiger partial charge in [0.15, 0.2) is 17.1 Å². The fraction of sp³-hybridized carbons (Fsp3) is 0.482. The molecule has 1 aromatic heterocycles. The molecule has 0 unspecified atom stereocenters. The van der Waals surface area contributed by atoms with Crippen LogP contribution in [-0.2, 0) is 31.3 Å². The van der Waals surface area contributed by atoms with Crippen molar-refractivity contribution in [1.29, 1.82) is 0 Å². The summed E-state index contributed by atoms with van der Waals surface area (Å²) in [5, 5.41) is 23.2. The molecule has 70 heavy (non-hydrogen) atoms. The van der Waals surface area contributed by atoms with E-state index in [1.807, 2.05) is 18.2 Å². The number of hydrogen-bond donors (Lipinski definition) is 2. The van der Waals surface area contributed by atoms with Gasteiger partial charge in [-0.15, -0.1) is 0 Å². The summed E-state index contributed by atoms with van der Waals surface area (Å²) in [6.07, 6.45) is 4.30. The molecule has 3 aromatic carbocycles. The van der Waals surface area contributed by atoms with Crippen LogP contribution in [0, 0.1) is 34.0 Å². The number of alkyl halides is 3. The molecular weight excluding hydrogens is 984 g/mol. The van der Waals surface area contributed by atoms with Gasteiger partial charge in [0.05, 0.1) is 45.2 Å². The lowest BCUT2D eigenvalue weighted by molar-refractivity contribution is -0.946. The summed E-state index contributed by atoms with van der Waals surface area (Å²) in [7, 11) is 0. The van der Waals surface area contributed by atoms with Crippen molar-refractivity contribution in [1.82, 2.24) is 0 Å². The molecule has 2 bridgehead atoms. The molecule has 2 N–H and O–H groups in total. The minimum atomic E-state index is -2.35. The van der Waals surface area contributed by atoms with Crippen molar-refractivity contribution in [2.75, 3.05) is 38.8 Å². The van der Waals surface area contributed by atoms with Crippen molar-refractivity contribution in [3.63, 3.8) is 0 Å². The SMILES string of the molecule is C[C@@H]1C[C@H]2[C@@H]3C[C@H](F)C4=CC(=O)C=C[C@]4(C)[C@@]3(F)[C@@H](O)C[C@]2(C)[C@@]1(OC(=O)c1ccco1)C(=O)SCF.OC(c1ccccc1)(c1ccccc1)C12CC[N+](CCOCc3ccccc3)(CC1)CC2.[Br-]. The van der Waals surface area contributed by atoms with Crippen molar-refractivity contribution in [2.24, 2.45) is 34.0 Å². The highest BCUT2D eigenvalue weighted by molar-refractivity contribution is 8.13. The Hall–Kier alpha value is -4.31. The number of fused-ring (bicyclic) bond motifs is 8. The van der Waals surface area contributed by atoms with Crippen LogP contribution in [0.1, 0.15) is 86.5 Å². The van der Waals surface area contributed by atoms with E-state index in [-0.39, 0.29) is 53.0 Å². The summed E-state index contributed by atoms with van der Waals surface area (Å²) in [5.74, 6) is -3.98. The number of esters is 1. The first kappa shape index (κ1) is 52.0. The van der Waals surface area contributed by atoms with Gasteiger partial charge in [-0.25, -0.2) is 18.0 Å². The Morgan fingerprint density at radius 1 is 0.886 bits per heavy atom. The van der Waals surface area contributed by atoms with Gasteiger partial charge in [0.1, 0.15) is 24.3 Å². The summed E-state index contributed by atoms with van der Waals surface area (Å²) >= 11 is 0.352. The maximum absolute atomic E-state index is 17.4. The minimum Gasteiger partial charge on any atom is -1.00 e. The van der Waals surface area contributed by atoms with Gasteiger partial charge in [-0.05, 0) is 90.4 Å². The number of rotatable bonds is 12. The third-order valence-electron chi connectivity index (χ3n) is 17.8. The average Bonchev–Trinajstić information content (AvgIpc) is 3.99. The van der Waals surface area contributed by atoms with Crippen molar-refractivity contribution in [3.05, 3.63) is 156 Å². The highest BCUT2D eigenvalue weighted by Crippen LogP contribution is 2.72. The van der Waals surface area contributed by atoms with Crippen LogP contribution in [0.3, 0.4) is 0 Å². The summed E-state index contributed by atoms with van der Waals surface area (Å²) < 4.78 is 64.7. The molecule has 0 radical (unpaired) electrons. The van der Waals surface area contributed by atoms with Crippen LogP contribution in [0.15, 0.2) is 138 Å². The molecule has 9 nitrogen and oxygen atoms in total. The molecule has 3 saturated heterocycles. The molecule has 0 spiro atoms. The summed E-state index contributed by atoms with van der Waals surface area (Å²) in [4.78, 5) is 38.7. The number of nitrogens with zero attached hydrogens (tertiary/aromatic N) is 1. The van der Waals surface area contributed by atoms with E-state index in [0.717, 1.165) is 73.7 Å². The van der Waals surface area contributed by atoms with Crippen LogP contribution in [0.5, 0.6) is 0 Å². The fourth-order valence-electron chi connectivity index (χ4n) is 14.1. The normalized spacial score (nSPS) is 34.9. The number of benzene rings is 3. The van der Waals surface area contributed by atoms with Gasteiger partial charge in [0, 0.05) is 47.3 Å².